The van der Waals surface area contributed by atoms with Gasteiger partial charge in [0, 0.05) is 20.6 Å². The van der Waals surface area contributed by atoms with Crippen molar-refractivity contribution in [1.29, 1.82) is 0 Å². The lowest BCUT2D eigenvalue weighted by Crippen LogP contribution is -2.50. The molecule has 0 aromatic heterocycles. The molecule has 0 amide bonds. The molecule has 1 fully saturated rings. The van der Waals surface area contributed by atoms with Gasteiger partial charge in [-0.25, -0.2) is 5.90 Å². The van der Waals surface area contributed by atoms with E-state index in [4.69, 9.17) is 5.90 Å². The normalized spacial score (nSPS) is 24.7. The monoisotopic (exact) mass is 237 g/mol. The SMILES string of the molecule is CN(C)S(=O)(=O)N1CCCCC1CON. The summed E-state index contributed by atoms with van der Waals surface area (Å²) in [7, 11) is -0.276. The van der Waals surface area contributed by atoms with Crippen molar-refractivity contribution in [2.75, 3.05) is 27.2 Å². The molecule has 1 aliphatic rings. The minimum Gasteiger partial charge on any atom is -0.303 e. The van der Waals surface area contributed by atoms with Gasteiger partial charge in [-0.3, -0.25) is 0 Å². The molecule has 0 aromatic carbocycles. The molecule has 1 unspecified atom stereocenters. The maximum atomic E-state index is 11.9. The number of nitrogens with two attached hydrogens (primary N) is 1. The van der Waals surface area contributed by atoms with Crippen LogP contribution in [0.2, 0.25) is 0 Å². The molecule has 0 saturated carbocycles. The predicted molar refractivity (Wildman–Crippen MR) is 57.1 cm³/mol. The molecule has 1 rings (SSSR count). The first-order valence-corrected chi connectivity index (χ1v) is 6.41. The van der Waals surface area contributed by atoms with Gasteiger partial charge in [-0.05, 0) is 12.8 Å². The van der Waals surface area contributed by atoms with E-state index in [-0.39, 0.29) is 12.6 Å². The smallest absolute Gasteiger partial charge is 0.281 e. The van der Waals surface area contributed by atoms with Gasteiger partial charge in [0.25, 0.3) is 10.2 Å². The van der Waals surface area contributed by atoms with Crippen molar-refractivity contribution in [2.45, 2.75) is 25.3 Å². The molecular formula is C8H19N3O3S. The zero-order chi connectivity index (χ0) is 11.5. The maximum absolute atomic E-state index is 11.9. The lowest BCUT2D eigenvalue weighted by atomic mass is 10.1. The van der Waals surface area contributed by atoms with Crippen LogP contribution < -0.4 is 5.90 Å². The Balaban J connectivity index is 2.80. The van der Waals surface area contributed by atoms with Gasteiger partial charge in [-0.15, -0.1) is 0 Å². The predicted octanol–water partition coefficient (Wildman–Crippen LogP) is -0.462. The van der Waals surface area contributed by atoms with Crippen LogP contribution in [0.4, 0.5) is 0 Å². The third-order valence-corrected chi connectivity index (χ3v) is 4.62. The first kappa shape index (κ1) is 12.9. The van der Waals surface area contributed by atoms with E-state index in [1.807, 2.05) is 0 Å². The van der Waals surface area contributed by atoms with Gasteiger partial charge in [0.1, 0.15) is 0 Å². The fourth-order valence-corrected chi connectivity index (χ4v) is 3.09. The van der Waals surface area contributed by atoms with E-state index in [0.717, 1.165) is 19.3 Å². The summed E-state index contributed by atoms with van der Waals surface area (Å²) in [6, 6.07) is -0.129. The second-order valence-corrected chi connectivity index (χ2v) is 5.98. The highest BCUT2D eigenvalue weighted by Gasteiger charge is 2.33. The molecule has 1 heterocycles. The lowest BCUT2D eigenvalue weighted by Gasteiger charge is -2.35. The van der Waals surface area contributed by atoms with Gasteiger partial charge in [-0.1, -0.05) is 6.42 Å². The number of nitrogens with zero attached hydrogens (tertiary/aromatic N) is 2. The van der Waals surface area contributed by atoms with Gasteiger partial charge < -0.3 is 4.84 Å². The van der Waals surface area contributed by atoms with E-state index in [0.29, 0.717) is 6.54 Å². The number of rotatable bonds is 4. The van der Waals surface area contributed by atoms with Crippen LogP contribution in [0, 0.1) is 0 Å². The van der Waals surface area contributed by atoms with Gasteiger partial charge >= 0.3 is 0 Å². The zero-order valence-corrected chi connectivity index (χ0v) is 10.0. The van der Waals surface area contributed by atoms with Crippen LogP contribution in [0.5, 0.6) is 0 Å². The first-order chi connectivity index (χ1) is 7.00. The quantitative estimate of drug-likeness (QED) is 0.671. The Labute approximate surface area is 91.1 Å². The second kappa shape index (κ2) is 5.22. The molecular weight excluding hydrogens is 218 g/mol. The summed E-state index contributed by atoms with van der Waals surface area (Å²) in [5.41, 5.74) is 0. The summed E-state index contributed by atoms with van der Waals surface area (Å²) in [5.74, 6) is 5.01. The Morgan fingerprint density at radius 2 is 2.13 bits per heavy atom. The van der Waals surface area contributed by atoms with Crippen molar-refractivity contribution < 1.29 is 13.3 Å². The second-order valence-electron chi connectivity index (χ2n) is 3.88. The third-order valence-electron chi connectivity index (χ3n) is 2.62. The Hall–Kier alpha value is -0.210. The number of hydrogen-bond donors (Lipinski definition) is 1. The van der Waals surface area contributed by atoms with Crippen LogP contribution in [0.1, 0.15) is 19.3 Å². The van der Waals surface area contributed by atoms with Gasteiger partial charge in [0.15, 0.2) is 0 Å². The van der Waals surface area contributed by atoms with Crippen molar-refractivity contribution >= 4 is 10.2 Å². The summed E-state index contributed by atoms with van der Waals surface area (Å²) < 4.78 is 26.6. The Kier molecular flexibility index (Phi) is 4.47. The van der Waals surface area contributed by atoms with Crippen molar-refractivity contribution in [1.82, 2.24) is 8.61 Å². The molecule has 1 saturated heterocycles. The minimum atomic E-state index is -3.34. The first-order valence-electron chi connectivity index (χ1n) is 5.01. The molecule has 0 aliphatic carbocycles. The third kappa shape index (κ3) is 2.88. The molecule has 7 heteroatoms. The molecule has 2 N–H and O–H groups in total. The highest BCUT2D eigenvalue weighted by atomic mass is 32.2. The van der Waals surface area contributed by atoms with E-state index in [2.05, 4.69) is 4.84 Å². The molecule has 1 atom stereocenters. The van der Waals surface area contributed by atoms with E-state index < -0.39 is 10.2 Å². The summed E-state index contributed by atoms with van der Waals surface area (Å²) in [5, 5.41) is 0. The highest BCUT2D eigenvalue weighted by Crippen LogP contribution is 2.21. The Morgan fingerprint density at radius 3 is 2.67 bits per heavy atom. The highest BCUT2D eigenvalue weighted by molar-refractivity contribution is 7.86. The van der Waals surface area contributed by atoms with Crippen LogP contribution in [0.25, 0.3) is 0 Å². The molecule has 1 aliphatic heterocycles. The maximum Gasteiger partial charge on any atom is 0.281 e. The lowest BCUT2D eigenvalue weighted by molar-refractivity contribution is 0.0735. The van der Waals surface area contributed by atoms with Crippen LogP contribution in [0.15, 0.2) is 0 Å². The van der Waals surface area contributed by atoms with E-state index in [9.17, 15) is 8.42 Å². The summed E-state index contributed by atoms with van der Waals surface area (Å²) in [4.78, 5) is 4.56. The number of hydrogen-bond acceptors (Lipinski definition) is 4. The van der Waals surface area contributed by atoms with Crippen LogP contribution in [-0.4, -0.2) is 50.3 Å². The molecule has 90 valence electrons. The van der Waals surface area contributed by atoms with Crippen LogP contribution in [-0.2, 0) is 15.0 Å². The average molecular weight is 237 g/mol. The fourth-order valence-electron chi connectivity index (χ4n) is 1.77. The molecule has 0 radical (unpaired) electrons. The van der Waals surface area contributed by atoms with Crippen molar-refractivity contribution in [3.63, 3.8) is 0 Å². The van der Waals surface area contributed by atoms with Gasteiger partial charge in [-0.2, -0.15) is 17.0 Å². The van der Waals surface area contributed by atoms with Crippen molar-refractivity contribution in [2.24, 2.45) is 5.90 Å². The van der Waals surface area contributed by atoms with E-state index in [1.54, 1.807) is 0 Å². The van der Waals surface area contributed by atoms with Gasteiger partial charge in [0.05, 0.1) is 12.6 Å². The standard InChI is InChI=1S/C8H19N3O3S/c1-10(2)15(12,13)11-6-4-3-5-8(11)7-14-9/h8H,3-7,9H2,1-2H3. The van der Waals surface area contributed by atoms with Crippen molar-refractivity contribution in [3.8, 4) is 0 Å². The summed E-state index contributed by atoms with van der Waals surface area (Å²) in [6.45, 7) is 0.807. The molecule has 15 heavy (non-hydrogen) atoms. The van der Waals surface area contributed by atoms with E-state index >= 15 is 0 Å². The summed E-state index contributed by atoms with van der Waals surface area (Å²) in [6.07, 6.45) is 2.73. The summed E-state index contributed by atoms with van der Waals surface area (Å²) >= 11 is 0. The molecule has 0 aromatic rings. The number of piperidine rings is 1. The van der Waals surface area contributed by atoms with Crippen molar-refractivity contribution in [3.05, 3.63) is 0 Å². The van der Waals surface area contributed by atoms with E-state index in [1.165, 1.54) is 22.7 Å². The minimum absolute atomic E-state index is 0.129. The largest absolute Gasteiger partial charge is 0.303 e. The fraction of sp³-hybridized carbons (Fsp3) is 1.00. The molecule has 0 bridgehead atoms. The average Bonchev–Trinajstić information content (AvgIpc) is 2.18. The van der Waals surface area contributed by atoms with Crippen LogP contribution >= 0.6 is 0 Å². The van der Waals surface area contributed by atoms with Crippen LogP contribution in [0.3, 0.4) is 0 Å². The Morgan fingerprint density at radius 1 is 1.47 bits per heavy atom. The molecule has 0 spiro atoms. The Bertz CT molecular complexity index is 290. The van der Waals surface area contributed by atoms with Gasteiger partial charge in [0.2, 0.25) is 0 Å². The topological polar surface area (TPSA) is 75.9 Å². The molecule has 6 nitrogen and oxygen atoms in total. The zero-order valence-electron chi connectivity index (χ0n) is 9.22.